The van der Waals surface area contributed by atoms with Crippen LogP contribution in [0.25, 0.3) is 0 Å². The molecule has 1 amide bonds. The smallest absolute Gasteiger partial charge is 0.287 e. The number of carbonyl (C=O) groups is 1. The van der Waals surface area contributed by atoms with E-state index in [1.54, 1.807) is 25.1 Å². The Labute approximate surface area is 121 Å². The predicted molar refractivity (Wildman–Crippen MR) is 76.0 cm³/mol. The molecular formula is C14H15N3O4. The molecule has 0 aliphatic heterocycles. The topological polar surface area (TPSA) is 97.4 Å². The van der Waals surface area contributed by atoms with Crippen LogP contribution < -0.4 is 5.32 Å². The van der Waals surface area contributed by atoms with Gasteiger partial charge in [-0.05, 0) is 13.0 Å². The minimum absolute atomic E-state index is 0.0923. The number of carbonyl (C=O) groups excluding carboxylic acids is 1. The maximum atomic E-state index is 12.1. The number of aromatic nitrogens is 1. The van der Waals surface area contributed by atoms with E-state index in [1.165, 1.54) is 22.9 Å². The Morgan fingerprint density at radius 2 is 2.14 bits per heavy atom. The third kappa shape index (κ3) is 3.19. The Bertz CT molecular complexity index is 679. The monoisotopic (exact) mass is 289 g/mol. The lowest BCUT2D eigenvalue weighted by molar-refractivity contribution is -0.384. The molecule has 2 aromatic rings. The lowest BCUT2D eigenvalue weighted by Crippen LogP contribution is -2.25. The largest absolute Gasteiger partial charge is 0.508 e. The van der Waals surface area contributed by atoms with Crippen LogP contribution in [0, 0.1) is 10.1 Å². The second kappa shape index (κ2) is 6.08. The zero-order valence-corrected chi connectivity index (χ0v) is 11.4. The normalized spacial score (nSPS) is 10.3. The highest BCUT2D eigenvalue weighted by Crippen LogP contribution is 2.18. The van der Waals surface area contributed by atoms with Gasteiger partial charge < -0.3 is 15.0 Å². The van der Waals surface area contributed by atoms with E-state index in [4.69, 9.17) is 0 Å². The highest BCUT2D eigenvalue weighted by Gasteiger charge is 2.18. The number of amides is 1. The number of benzene rings is 1. The van der Waals surface area contributed by atoms with Gasteiger partial charge in [-0.1, -0.05) is 18.2 Å². The second-order valence-electron chi connectivity index (χ2n) is 4.44. The summed E-state index contributed by atoms with van der Waals surface area (Å²) in [4.78, 5) is 22.3. The van der Waals surface area contributed by atoms with Crippen molar-refractivity contribution in [3.05, 3.63) is 57.9 Å². The SMILES string of the molecule is CCn1cc([N+](=O)[O-])cc1C(=O)NCc1ccccc1O. The Morgan fingerprint density at radius 1 is 1.43 bits per heavy atom. The minimum atomic E-state index is -0.536. The fourth-order valence-electron chi connectivity index (χ4n) is 1.97. The number of nitrogens with one attached hydrogen (secondary N) is 1. The van der Waals surface area contributed by atoms with Crippen molar-refractivity contribution in [1.82, 2.24) is 9.88 Å². The van der Waals surface area contributed by atoms with Crippen LogP contribution in [0.2, 0.25) is 0 Å². The third-order valence-corrected chi connectivity index (χ3v) is 3.10. The number of hydrogen-bond acceptors (Lipinski definition) is 4. The molecule has 2 N–H and O–H groups in total. The number of phenolic OH excluding ortho intramolecular Hbond substituents is 1. The van der Waals surface area contributed by atoms with E-state index in [9.17, 15) is 20.0 Å². The first-order valence-electron chi connectivity index (χ1n) is 6.42. The van der Waals surface area contributed by atoms with E-state index >= 15 is 0 Å². The number of aryl methyl sites for hydroxylation is 1. The first-order valence-corrected chi connectivity index (χ1v) is 6.42. The molecule has 1 aromatic carbocycles. The van der Waals surface area contributed by atoms with Gasteiger partial charge in [0.2, 0.25) is 0 Å². The average Bonchev–Trinajstić information content (AvgIpc) is 2.90. The number of aromatic hydroxyl groups is 1. The second-order valence-corrected chi connectivity index (χ2v) is 4.44. The number of hydrogen-bond donors (Lipinski definition) is 2. The molecule has 0 aliphatic carbocycles. The fraction of sp³-hybridized carbons (Fsp3) is 0.214. The van der Waals surface area contributed by atoms with Crippen LogP contribution in [0.15, 0.2) is 36.5 Å². The molecule has 0 bridgehead atoms. The van der Waals surface area contributed by atoms with Gasteiger partial charge in [0.05, 0.1) is 11.1 Å². The molecule has 7 nitrogen and oxygen atoms in total. The molecule has 1 heterocycles. The summed E-state index contributed by atoms with van der Waals surface area (Å²) in [6.07, 6.45) is 1.33. The molecule has 2 rings (SSSR count). The lowest BCUT2D eigenvalue weighted by atomic mass is 10.2. The van der Waals surface area contributed by atoms with Gasteiger partial charge >= 0.3 is 0 Å². The molecule has 0 unspecified atom stereocenters. The van der Waals surface area contributed by atoms with Gasteiger partial charge in [-0.3, -0.25) is 14.9 Å². The molecule has 0 saturated heterocycles. The minimum Gasteiger partial charge on any atom is -0.508 e. The first-order chi connectivity index (χ1) is 10.0. The summed E-state index contributed by atoms with van der Waals surface area (Å²) in [5.74, 6) is -0.331. The van der Waals surface area contributed by atoms with E-state index < -0.39 is 10.8 Å². The zero-order valence-electron chi connectivity index (χ0n) is 11.4. The molecule has 7 heteroatoms. The van der Waals surface area contributed by atoms with Crippen molar-refractivity contribution in [2.45, 2.75) is 20.0 Å². The van der Waals surface area contributed by atoms with Gasteiger partial charge in [0.1, 0.15) is 11.4 Å². The molecule has 0 atom stereocenters. The predicted octanol–water partition coefficient (Wildman–Crippen LogP) is 2.05. The summed E-state index contributed by atoms with van der Waals surface area (Å²) in [5.41, 5.74) is 0.680. The standard InChI is InChI=1S/C14H15N3O4/c1-2-16-9-11(17(20)21)7-12(16)14(19)15-8-10-5-3-4-6-13(10)18/h3-7,9,18H,2,8H2,1H3,(H,15,19). The maximum absolute atomic E-state index is 12.1. The molecule has 110 valence electrons. The lowest BCUT2D eigenvalue weighted by Gasteiger charge is -2.08. The Balaban J connectivity index is 2.13. The van der Waals surface area contributed by atoms with Crippen LogP contribution in [-0.4, -0.2) is 20.5 Å². The number of nitro groups is 1. The fourth-order valence-corrected chi connectivity index (χ4v) is 1.97. The van der Waals surface area contributed by atoms with Crippen molar-refractivity contribution < 1.29 is 14.8 Å². The van der Waals surface area contributed by atoms with E-state index in [-0.39, 0.29) is 23.7 Å². The molecule has 0 fully saturated rings. The summed E-state index contributed by atoms with van der Waals surface area (Å²) in [6.45, 7) is 2.39. The van der Waals surface area contributed by atoms with Crippen molar-refractivity contribution in [2.24, 2.45) is 0 Å². The molecule has 0 saturated carbocycles. The van der Waals surface area contributed by atoms with E-state index in [0.717, 1.165) is 0 Å². The van der Waals surface area contributed by atoms with Gasteiger partial charge in [0.15, 0.2) is 0 Å². The van der Waals surface area contributed by atoms with E-state index in [2.05, 4.69) is 5.32 Å². The van der Waals surface area contributed by atoms with Gasteiger partial charge in [0.25, 0.3) is 11.6 Å². The summed E-state index contributed by atoms with van der Waals surface area (Å²) in [6, 6.07) is 7.90. The van der Waals surface area contributed by atoms with Crippen LogP contribution in [-0.2, 0) is 13.1 Å². The van der Waals surface area contributed by atoms with E-state index in [0.29, 0.717) is 12.1 Å². The molecule has 1 aromatic heterocycles. The average molecular weight is 289 g/mol. The summed E-state index contributed by atoms with van der Waals surface area (Å²) >= 11 is 0. The van der Waals surface area contributed by atoms with Crippen LogP contribution in [0.4, 0.5) is 5.69 Å². The number of para-hydroxylation sites is 1. The molecule has 0 radical (unpaired) electrons. The van der Waals surface area contributed by atoms with Crippen LogP contribution in [0.5, 0.6) is 5.75 Å². The van der Waals surface area contributed by atoms with Crippen molar-refractivity contribution in [2.75, 3.05) is 0 Å². The molecular weight excluding hydrogens is 274 g/mol. The van der Waals surface area contributed by atoms with E-state index in [1.807, 2.05) is 0 Å². The first kappa shape index (κ1) is 14.6. The van der Waals surface area contributed by atoms with Gasteiger partial charge in [-0.25, -0.2) is 0 Å². The van der Waals surface area contributed by atoms with Crippen LogP contribution in [0.1, 0.15) is 23.0 Å². The molecule has 21 heavy (non-hydrogen) atoms. The Kier molecular flexibility index (Phi) is 4.22. The molecule has 0 spiro atoms. The van der Waals surface area contributed by atoms with Crippen LogP contribution in [0.3, 0.4) is 0 Å². The number of rotatable bonds is 5. The van der Waals surface area contributed by atoms with Crippen molar-refractivity contribution in [1.29, 1.82) is 0 Å². The highest BCUT2D eigenvalue weighted by molar-refractivity contribution is 5.93. The van der Waals surface area contributed by atoms with Crippen LogP contribution >= 0.6 is 0 Å². The van der Waals surface area contributed by atoms with Gasteiger partial charge in [-0.2, -0.15) is 0 Å². The number of nitrogens with zero attached hydrogens (tertiary/aromatic N) is 2. The quantitative estimate of drug-likeness (QED) is 0.650. The van der Waals surface area contributed by atoms with Crippen molar-refractivity contribution in [3.8, 4) is 5.75 Å². The molecule has 0 aliphatic rings. The summed E-state index contributed by atoms with van der Waals surface area (Å²) in [5, 5.41) is 23.0. The third-order valence-electron chi connectivity index (χ3n) is 3.10. The van der Waals surface area contributed by atoms with Crippen molar-refractivity contribution >= 4 is 11.6 Å². The maximum Gasteiger partial charge on any atom is 0.287 e. The zero-order chi connectivity index (χ0) is 15.4. The Morgan fingerprint density at radius 3 is 2.76 bits per heavy atom. The summed E-state index contributed by atoms with van der Waals surface area (Å²) in [7, 11) is 0. The number of phenols is 1. The summed E-state index contributed by atoms with van der Waals surface area (Å²) < 4.78 is 1.51. The van der Waals surface area contributed by atoms with Crippen molar-refractivity contribution in [3.63, 3.8) is 0 Å². The Hall–Kier alpha value is -2.83. The van der Waals surface area contributed by atoms with Gasteiger partial charge in [-0.15, -0.1) is 0 Å². The highest BCUT2D eigenvalue weighted by atomic mass is 16.6. The van der Waals surface area contributed by atoms with Gasteiger partial charge in [0, 0.05) is 24.7 Å².